The fraction of sp³-hybridized carbons (Fsp3) is 0.412. The van der Waals surface area contributed by atoms with Crippen LogP contribution < -0.4 is 15.6 Å². The number of fused-ring (bicyclic) bond motifs is 1. The number of aromatic nitrogens is 1. The van der Waals surface area contributed by atoms with Crippen LogP contribution in [0, 0.1) is 5.82 Å². The first kappa shape index (κ1) is 18.4. The number of hydrogen-bond acceptors (Lipinski definition) is 4. The maximum atomic E-state index is 14.6. The van der Waals surface area contributed by atoms with Crippen molar-refractivity contribution in [3.8, 4) is 0 Å². The molecule has 8 heteroatoms. The molecule has 2 aromatic rings. The Balaban J connectivity index is 0.00000182. The number of benzene rings is 1. The molecule has 1 aliphatic heterocycles. The predicted molar refractivity (Wildman–Crippen MR) is 95.6 cm³/mol. The molecule has 25 heavy (non-hydrogen) atoms. The topological polar surface area (TPSA) is 74.6 Å². The van der Waals surface area contributed by atoms with Gasteiger partial charge in [0.15, 0.2) is 0 Å². The van der Waals surface area contributed by atoms with Crippen molar-refractivity contribution in [3.63, 3.8) is 0 Å². The molecule has 1 aromatic carbocycles. The number of aromatic carboxylic acids is 1. The standard InChI is InChI=1S/C17H18FN3O3.Na.H/c18-13-7-11-14(8-15(13)20-5-3-19-4-6-20)21(10-1-2-10)9-12(16(11)22)17(23)24;;/h7-10,19H,1-6H2,(H,23,24);;. The number of carbonyl (C=O) groups is 1. The van der Waals surface area contributed by atoms with E-state index in [1.165, 1.54) is 12.3 Å². The molecular formula is C17H19FN3NaO3. The molecule has 2 aliphatic rings. The molecule has 128 valence electrons. The van der Waals surface area contributed by atoms with E-state index in [-0.39, 0.29) is 46.5 Å². The molecule has 2 heterocycles. The second-order valence-corrected chi connectivity index (χ2v) is 6.37. The number of hydrogen-bond donors (Lipinski definition) is 2. The first-order valence-electron chi connectivity index (χ1n) is 8.13. The Kier molecular flexibility index (Phi) is 5.20. The van der Waals surface area contributed by atoms with Gasteiger partial charge >= 0.3 is 35.5 Å². The molecule has 6 nitrogen and oxygen atoms in total. The average Bonchev–Trinajstić information content (AvgIpc) is 3.40. The normalized spacial score (nSPS) is 17.4. The molecule has 2 N–H and O–H groups in total. The number of rotatable bonds is 3. The van der Waals surface area contributed by atoms with Crippen LogP contribution in [0.2, 0.25) is 0 Å². The number of carboxylic acids is 1. The number of piperazine rings is 1. The van der Waals surface area contributed by atoms with Crippen molar-refractivity contribution in [1.82, 2.24) is 9.88 Å². The fourth-order valence-electron chi connectivity index (χ4n) is 3.31. The molecule has 0 amide bonds. The Hall–Kier alpha value is -1.41. The number of carboxylic acid groups (broad SMARTS) is 1. The second kappa shape index (κ2) is 7.07. The van der Waals surface area contributed by atoms with E-state index in [1.807, 2.05) is 9.47 Å². The van der Waals surface area contributed by atoms with Crippen molar-refractivity contribution in [2.45, 2.75) is 18.9 Å². The predicted octanol–water partition coefficient (Wildman–Crippen LogP) is 0.935. The molecule has 1 saturated carbocycles. The summed E-state index contributed by atoms with van der Waals surface area (Å²) in [6.45, 7) is 2.96. The fourth-order valence-corrected chi connectivity index (χ4v) is 3.31. The van der Waals surface area contributed by atoms with Crippen LogP contribution in [0.5, 0.6) is 0 Å². The van der Waals surface area contributed by atoms with Gasteiger partial charge < -0.3 is 19.9 Å². The molecule has 0 spiro atoms. The molecule has 4 rings (SSSR count). The van der Waals surface area contributed by atoms with Crippen LogP contribution in [0.1, 0.15) is 29.2 Å². The zero-order valence-corrected chi connectivity index (χ0v) is 13.1. The Morgan fingerprint density at radius 2 is 1.92 bits per heavy atom. The summed E-state index contributed by atoms with van der Waals surface area (Å²) in [6, 6.07) is 3.08. The van der Waals surface area contributed by atoms with E-state index < -0.39 is 17.2 Å². The number of halogens is 1. The van der Waals surface area contributed by atoms with Gasteiger partial charge in [-0.15, -0.1) is 0 Å². The number of nitrogens with one attached hydrogen (secondary N) is 1. The maximum absolute atomic E-state index is 14.6. The van der Waals surface area contributed by atoms with Crippen LogP contribution in [0.3, 0.4) is 0 Å². The van der Waals surface area contributed by atoms with Crippen LogP contribution in [-0.4, -0.2) is 71.4 Å². The van der Waals surface area contributed by atoms with Gasteiger partial charge in [0.2, 0.25) is 5.43 Å². The van der Waals surface area contributed by atoms with E-state index in [0.717, 1.165) is 25.9 Å². The second-order valence-electron chi connectivity index (χ2n) is 6.37. The van der Waals surface area contributed by atoms with Gasteiger partial charge in [-0.3, -0.25) is 4.79 Å². The summed E-state index contributed by atoms with van der Waals surface area (Å²) < 4.78 is 16.4. The van der Waals surface area contributed by atoms with E-state index in [1.54, 1.807) is 6.07 Å². The summed E-state index contributed by atoms with van der Waals surface area (Å²) in [6.07, 6.45) is 3.29. The van der Waals surface area contributed by atoms with Crippen molar-refractivity contribution >= 4 is 52.1 Å². The summed E-state index contributed by atoms with van der Waals surface area (Å²) in [7, 11) is 0. The number of anilines is 1. The first-order valence-corrected chi connectivity index (χ1v) is 8.13. The quantitative estimate of drug-likeness (QED) is 0.802. The van der Waals surface area contributed by atoms with Gasteiger partial charge in [-0.1, -0.05) is 0 Å². The third-order valence-corrected chi connectivity index (χ3v) is 4.73. The summed E-state index contributed by atoms with van der Waals surface area (Å²) in [5.74, 6) is -1.76. The minimum absolute atomic E-state index is 0. The van der Waals surface area contributed by atoms with Crippen molar-refractivity contribution in [1.29, 1.82) is 0 Å². The van der Waals surface area contributed by atoms with E-state index in [2.05, 4.69) is 5.32 Å². The van der Waals surface area contributed by atoms with Crippen LogP contribution >= 0.6 is 0 Å². The van der Waals surface area contributed by atoms with Gasteiger partial charge in [-0.2, -0.15) is 0 Å². The van der Waals surface area contributed by atoms with Gasteiger partial charge in [0, 0.05) is 43.8 Å². The molecule has 0 unspecified atom stereocenters. The molecule has 0 bridgehead atoms. The molecule has 0 radical (unpaired) electrons. The van der Waals surface area contributed by atoms with Crippen molar-refractivity contribution in [2.75, 3.05) is 31.1 Å². The minimum atomic E-state index is -1.28. The zero-order valence-electron chi connectivity index (χ0n) is 13.1. The summed E-state index contributed by atoms with van der Waals surface area (Å²) in [5, 5.41) is 12.6. The van der Waals surface area contributed by atoms with Crippen LogP contribution in [0.25, 0.3) is 10.9 Å². The molecule has 0 atom stereocenters. The monoisotopic (exact) mass is 355 g/mol. The summed E-state index contributed by atoms with van der Waals surface area (Å²) in [4.78, 5) is 25.7. The van der Waals surface area contributed by atoms with Gasteiger partial charge in [-0.05, 0) is 25.0 Å². The zero-order chi connectivity index (χ0) is 16.8. The summed E-state index contributed by atoms with van der Waals surface area (Å²) in [5.41, 5.74) is 0.159. The van der Waals surface area contributed by atoms with Crippen molar-refractivity contribution in [2.24, 2.45) is 0 Å². The van der Waals surface area contributed by atoms with Gasteiger partial charge in [0.25, 0.3) is 0 Å². The third-order valence-electron chi connectivity index (χ3n) is 4.73. The van der Waals surface area contributed by atoms with Crippen LogP contribution in [0.4, 0.5) is 10.1 Å². The Morgan fingerprint density at radius 3 is 2.52 bits per heavy atom. The van der Waals surface area contributed by atoms with Crippen molar-refractivity contribution < 1.29 is 14.3 Å². The molecular weight excluding hydrogens is 336 g/mol. The molecule has 2 fully saturated rings. The average molecular weight is 355 g/mol. The van der Waals surface area contributed by atoms with E-state index in [9.17, 15) is 19.1 Å². The Morgan fingerprint density at radius 1 is 1.24 bits per heavy atom. The van der Waals surface area contributed by atoms with E-state index in [4.69, 9.17) is 0 Å². The molecule has 1 aliphatic carbocycles. The molecule has 1 saturated heterocycles. The first-order chi connectivity index (χ1) is 11.6. The van der Waals surface area contributed by atoms with E-state index >= 15 is 0 Å². The van der Waals surface area contributed by atoms with E-state index in [0.29, 0.717) is 24.3 Å². The van der Waals surface area contributed by atoms with Crippen LogP contribution in [-0.2, 0) is 0 Å². The van der Waals surface area contributed by atoms with Gasteiger partial charge in [-0.25, -0.2) is 9.18 Å². The van der Waals surface area contributed by atoms with Gasteiger partial charge in [0.05, 0.1) is 11.2 Å². The van der Waals surface area contributed by atoms with Crippen molar-refractivity contribution in [3.05, 3.63) is 39.9 Å². The Labute approximate surface area is 165 Å². The van der Waals surface area contributed by atoms with Gasteiger partial charge in [0.1, 0.15) is 11.4 Å². The number of pyridine rings is 1. The Bertz CT molecular complexity index is 889. The number of nitrogens with zero attached hydrogens (tertiary/aromatic N) is 2. The summed E-state index contributed by atoms with van der Waals surface area (Å²) >= 11 is 0. The molecule has 1 aromatic heterocycles. The van der Waals surface area contributed by atoms with Crippen LogP contribution in [0.15, 0.2) is 23.1 Å². The SMILES string of the molecule is O=C(O)c1cn(C2CC2)c2cc(N3CCNCC3)c(F)cc2c1=O.[NaH]. The third kappa shape index (κ3) is 3.33.